The number of carbonyl (C=O) groups excluding carboxylic acids is 1. The lowest BCUT2D eigenvalue weighted by molar-refractivity contribution is -0.140. The Morgan fingerprint density at radius 3 is 3.00 bits per heavy atom. The number of hydrogen-bond donors (Lipinski definition) is 0. The van der Waals surface area contributed by atoms with Crippen LogP contribution in [0.25, 0.3) is 0 Å². The van der Waals surface area contributed by atoms with Crippen LogP contribution in [0.5, 0.6) is 0 Å². The molecule has 2 aliphatic rings. The van der Waals surface area contributed by atoms with E-state index in [1.807, 2.05) is 16.7 Å². The summed E-state index contributed by atoms with van der Waals surface area (Å²) >= 11 is 8.50. The van der Waals surface area contributed by atoms with Gasteiger partial charge in [-0.25, -0.2) is 0 Å². The number of hydrogen-bond acceptors (Lipinski definition) is 2. The second-order valence-electron chi connectivity index (χ2n) is 2.34. The van der Waals surface area contributed by atoms with Crippen LogP contribution in [0, 0.1) is 0 Å². The van der Waals surface area contributed by atoms with Gasteiger partial charge in [0.2, 0.25) is 0 Å². The van der Waals surface area contributed by atoms with Gasteiger partial charge < -0.3 is 4.90 Å². The molecule has 2 saturated heterocycles. The third-order valence-electron chi connectivity index (χ3n) is 1.75. The highest BCUT2D eigenvalue weighted by atomic mass is 79.9. The molecule has 0 aromatic heterocycles. The number of nitrogens with zero attached hydrogens (tertiary/aromatic N) is 1. The SMILES string of the molecule is O=C1N2CCS[C@H]2C1(Br)Br. The third kappa shape index (κ3) is 0.741. The lowest BCUT2D eigenvalue weighted by Gasteiger charge is -2.44. The summed E-state index contributed by atoms with van der Waals surface area (Å²) in [4.78, 5) is 13.1. The molecule has 10 heavy (non-hydrogen) atoms. The molecule has 56 valence electrons. The number of halogens is 2. The Bertz CT molecular complexity index is 196. The molecule has 2 rings (SSSR count). The Morgan fingerprint density at radius 2 is 2.40 bits per heavy atom. The van der Waals surface area contributed by atoms with E-state index in [1.165, 1.54) is 0 Å². The summed E-state index contributed by atoms with van der Waals surface area (Å²) in [6.45, 7) is 0.910. The number of β-lactam (4-membered cyclic amide) rings is 1. The molecule has 0 radical (unpaired) electrons. The Morgan fingerprint density at radius 1 is 1.70 bits per heavy atom. The van der Waals surface area contributed by atoms with Gasteiger partial charge in [-0.3, -0.25) is 4.79 Å². The van der Waals surface area contributed by atoms with Crippen molar-refractivity contribution in [3.63, 3.8) is 0 Å². The Kier molecular flexibility index (Phi) is 1.59. The van der Waals surface area contributed by atoms with E-state index in [9.17, 15) is 4.79 Å². The average molecular weight is 287 g/mol. The van der Waals surface area contributed by atoms with Crippen LogP contribution in [0.2, 0.25) is 0 Å². The monoisotopic (exact) mass is 285 g/mol. The predicted molar refractivity (Wildman–Crippen MR) is 48.5 cm³/mol. The van der Waals surface area contributed by atoms with Crippen molar-refractivity contribution in [3.8, 4) is 0 Å². The summed E-state index contributed by atoms with van der Waals surface area (Å²) in [5.41, 5.74) is 0. The molecule has 0 saturated carbocycles. The maximum Gasteiger partial charge on any atom is 0.254 e. The largest absolute Gasteiger partial charge is 0.325 e. The van der Waals surface area contributed by atoms with Gasteiger partial charge in [0.1, 0.15) is 5.37 Å². The van der Waals surface area contributed by atoms with E-state index in [0.717, 1.165) is 12.3 Å². The van der Waals surface area contributed by atoms with Crippen molar-refractivity contribution in [1.29, 1.82) is 0 Å². The summed E-state index contributed by atoms with van der Waals surface area (Å²) in [6.07, 6.45) is 0. The molecule has 1 amide bonds. The van der Waals surface area contributed by atoms with Crippen LogP contribution in [-0.4, -0.2) is 31.7 Å². The van der Waals surface area contributed by atoms with Crippen molar-refractivity contribution in [3.05, 3.63) is 0 Å². The number of carbonyl (C=O) groups is 1. The number of thioether (sulfide) groups is 1. The fraction of sp³-hybridized carbons (Fsp3) is 0.800. The van der Waals surface area contributed by atoms with Crippen LogP contribution >= 0.6 is 43.6 Å². The van der Waals surface area contributed by atoms with Gasteiger partial charge in [0.25, 0.3) is 5.91 Å². The van der Waals surface area contributed by atoms with Crippen LogP contribution in [0.15, 0.2) is 0 Å². The number of rotatable bonds is 0. The van der Waals surface area contributed by atoms with Crippen molar-refractivity contribution in [2.24, 2.45) is 0 Å². The number of alkyl halides is 2. The van der Waals surface area contributed by atoms with Gasteiger partial charge in [-0.15, -0.1) is 11.8 Å². The Labute approximate surface area is 80.0 Å². The highest BCUT2D eigenvalue weighted by Gasteiger charge is 2.60. The molecule has 2 fully saturated rings. The molecule has 0 aromatic carbocycles. The molecule has 0 aliphatic carbocycles. The zero-order valence-corrected chi connectivity index (χ0v) is 9.00. The molecule has 0 unspecified atom stereocenters. The van der Waals surface area contributed by atoms with E-state index in [-0.39, 0.29) is 5.91 Å². The Hall–Kier alpha value is 0.780. The van der Waals surface area contributed by atoms with Crippen LogP contribution in [0.1, 0.15) is 0 Å². The predicted octanol–water partition coefficient (Wildman–Crippen LogP) is 1.39. The van der Waals surface area contributed by atoms with E-state index in [4.69, 9.17) is 0 Å². The summed E-state index contributed by atoms with van der Waals surface area (Å²) in [5, 5.41) is 0.319. The summed E-state index contributed by atoms with van der Waals surface area (Å²) < 4.78 is -0.443. The van der Waals surface area contributed by atoms with Crippen molar-refractivity contribution in [2.75, 3.05) is 12.3 Å². The van der Waals surface area contributed by atoms with Crippen LogP contribution < -0.4 is 0 Å². The van der Waals surface area contributed by atoms with Crippen LogP contribution in [-0.2, 0) is 4.79 Å². The Balaban J connectivity index is 2.23. The normalized spacial score (nSPS) is 35.6. The van der Waals surface area contributed by atoms with Gasteiger partial charge in [0, 0.05) is 12.3 Å². The van der Waals surface area contributed by atoms with E-state index in [1.54, 1.807) is 0 Å². The van der Waals surface area contributed by atoms with Crippen molar-refractivity contribution in [1.82, 2.24) is 4.90 Å². The van der Waals surface area contributed by atoms with Crippen LogP contribution in [0.3, 0.4) is 0 Å². The fourth-order valence-electron chi connectivity index (χ4n) is 1.21. The average Bonchev–Trinajstić information content (AvgIpc) is 2.31. The van der Waals surface area contributed by atoms with Gasteiger partial charge >= 0.3 is 0 Å². The van der Waals surface area contributed by atoms with Crippen molar-refractivity contribution in [2.45, 2.75) is 8.61 Å². The molecule has 0 bridgehead atoms. The standard InChI is InChI=1S/C5H5Br2NOS/c6-5(7)3(9)8-1-2-10-4(5)8/h4H,1-2H2/t4-/m0/s1. The molecule has 1 atom stereocenters. The van der Waals surface area contributed by atoms with Gasteiger partial charge in [-0.05, 0) is 0 Å². The molecule has 2 heterocycles. The van der Waals surface area contributed by atoms with Gasteiger partial charge in [0.15, 0.2) is 3.23 Å². The molecule has 0 spiro atoms. The smallest absolute Gasteiger partial charge is 0.254 e. The van der Waals surface area contributed by atoms with Gasteiger partial charge in [-0.1, -0.05) is 31.9 Å². The van der Waals surface area contributed by atoms with Gasteiger partial charge in [0.05, 0.1) is 0 Å². The minimum absolute atomic E-state index is 0.169. The zero-order valence-electron chi connectivity index (χ0n) is 5.01. The minimum atomic E-state index is -0.443. The molecular weight excluding hydrogens is 282 g/mol. The summed E-state index contributed by atoms with van der Waals surface area (Å²) in [7, 11) is 0. The summed E-state index contributed by atoms with van der Waals surface area (Å²) in [5.74, 6) is 1.23. The van der Waals surface area contributed by atoms with Crippen molar-refractivity contribution < 1.29 is 4.79 Å². The third-order valence-corrected chi connectivity index (χ3v) is 5.24. The molecule has 2 nitrogen and oxygen atoms in total. The second-order valence-corrected chi connectivity index (χ2v) is 7.10. The maximum absolute atomic E-state index is 11.2. The summed E-state index contributed by atoms with van der Waals surface area (Å²) in [6, 6.07) is 0. The molecule has 0 N–H and O–H groups in total. The first-order chi connectivity index (χ1) is 4.64. The second kappa shape index (κ2) is 2.14. The lowest BCUT2D eigenvalue weighted by atomic mass is 10.2. The maximum atomic E-state index is 11.2. The molecular formula is C5H5Br2NOS. The highest BCUT2D eigenvalue weighted by molar-refractivity contribution is 9.26. The van der Waals surface area contributed by atoms with E-state index in [0.29, 0.717) is 5.37 Å². The van der Waals surface area contributed by atoms with Gasteiger partial charge in [-0.2, -0.15) is 0 Å². The lowest BCUT2D eigenvalue weighted by Crippen LogP contribution is -2.63. The van der Waals surface area contributed by atoms with E-state index < -0.39 is 3.23 Å². The zero-order chi connectivity index (χ0) is 7.35. The highest BCUT2D eigenvalue weighted by Crippen LogP contribution is 2.51. The van der Waals surface area contributed by atoms with E-state index >= 15 is 0 Å². The molecule has 0 aromatic rings. The number of fused-ring (bicyclic) bond motifs is 1. The van der Waals surface area contributed by atoms with Crippen molar-refractivity contribution >= 4 is 49.5 Å². The van der Waals surface area contributed by atoms with E-state index in [2.05, 4.69) is 31.9 Å². The van der Waals surface area contributed by atoms with Crippen LogP contribution in [0.4, 0.5) is 0 Å². The number of amides is 1. The quantitative estimate of drug-likeness (QED) is 0.495. The molecule has 5 heteroatoms. The first-order valence-corrected chi connectivity index (χ1v) is 5.58. The first kappa shape index (κ1) is 7.43. The first-order valence-electron chi connectivity index (χ1n) is 2.94. The molecule has 2 aliphatic heterocycles. The fourth-order valence-corrected chi connectivity index (χ4v) is 4.17. The topological polar surface area (TPSA) is 20.3 Å². The minimum Gasteiger partial charge on any atom is -0.325 e.